The van der Waals surface area contributed by atoms with Crippen LogP contribution < -0.4 is 10.5 Å². The highest BCUT2D eigenvalue weighted by Crippen LogP contribution is 2.26. The zero-order valence-corrected chi connectivity index (χ0v) is 17.9. The van der Waals surface area contributed by atoms with E-state index in [2.05, 4.69) is 5.10 Å². The lowest BCUT2D eigenvalue weighted by atomic mass is 10.2. The summed E-state index contributed by atoms with van der Waals surface area (Å²) >= 11 is 6.28. The molecule has 162 valence electrons. The van der Waals surface area contributed by atoms with E-state index in [9.17, 15) is 18.4 Å². The Labute approximate surface area is 177 Å². The molecule has 0 N–H and O–H groups in total. The van der Waals surface area contributed by atoms with E-state index in [1.165, 1.54) is 6.20 Å². The van der Waals surface area contributed by atoms with Crippen molar-refractivity contribution in [2.24, 2.45) is 0 Å². The Morgan fingerprint density at radius 1 is 1.23 bits per heavy atom. The number of hydrogen-bond donors (Lipinski definition) is 0. The molecule has 1 amide bonds. The lowest BCUT2D eigenvalue weighted by Crippen LogP contribution is -2.55. The topological polar surface area (TPSA) is 67.7 Å². The maximum atomic E-state index is 14.0. The molecule has 0 aliphatic carbocycles. The summed E-state index contributed by atoms with van der Waals surface area (Å²) in [7, 11) is 0. The summed E-state index contributed by atoms with van der Waals surface area (Å²) in [5.74, 6) is -1.68. The zero-order chi connectivity index (χ0) is 22.2. The van der Waals surface area contributed by atoms with Gasteiger partial charge >= 0.3 is 6.09 Å². The van der Waals surface area contributed by atoms with Gasteiger partial charge in [-0.05, 0) is 39.8 Å². The minimum Gasteiger partial charge on any atom is -0.444 e. The highest BCUT2D eigenvalue weighted by Gasteiger charge is 2.32. The van der Waals surface area contributed by atoms with Crippen LogP contribution in [0, 0.1) is 11.6 Å². The third-order valence-corrected chi connectivity index (χ3v) is 4.99. The van der Waals surface area contributed by atoms with Gasteiger partial charge in [-0.2, -0.15) is 9.78 Å². The Morgan fingerprint density at radius 3 is 2.53 bits per heavy atom. The maximum absolute atomic E-state index is 14.0. The number of halogens is 3. The van der Waals surface area contributed by atoms with Gasteiger partial charge in [0.1, 0.15) is 22.1 Å². The van der Waals surface area contributed by atoms with Gasteiger partial charge in [-0.15, -0.1) is 0 Å². The van der Waals surface area contributed by atoms with Crippen molar-refractivity contribution in [3.05, 3.63) is 51.4 Å². The van der Waals surface area contributed by atoms with Crippen LogP contribution in [-0.2, 0) is 4.74 Å². The maximum Gasteiger partial charge on any atom is 0.410 e. The molecule has 7 nitrogen and oxygen atoms in total. The third-order valence-electron chi connectivity index (χ3n) is 4.63. The second-order valence-electron chi connectivity index (χ2n) is 8.13. The molecule has 30 heavy (non-hydrogen) atoms. The van der Waals surface area contributed by atoms with E-state index in [-0.39, 0.29) is 16.8 Å². The number of carbonyl (C=O) groups excluding carboxylic acids is 1. The first-order valence-electron chi connectivity index (χ1n) is 9.46. The molecule has 1 aromatic heterocycles. The van der Waals surface area contributed by atoms with Gasteiger partial charge in [-0.25, -0.2) is 13.6 Å². The van der Waals surface area contributed by atoms with Gasteiger partial charge in [0.05, 0.1) is 11.9 Å². The molecule has 0 spiro atoms. The smallest absolute Gasteiger partial charge is 0.410 e. The largest absolute Gasteiger partial charge is 0.444 e. The average molecular weight is 441 g/mol. The van der Waals surface area contributed by atoms with Crippen LogP contribution in [0.5, 0.6) is 0 Å². The van der Waals surface area contributed by atoms with Crippen LogP contribution in [0.25, 0.3) is 5.69 Å². The molecule has 1 fully saturated rings. The Hall–Kier alpha value is -2.68. The molecule has 1 aromatic carbocycles. The number of amides is 1. The third kappa shape index (κ3) is 4.56. The first-order valence-corrected chi connectivity index (χ1v) is 9.83. The first-order chi connectivity index (χ1) is 14.0. The van der Waals surface area contributed by atoms with Crippen molar-refractivity contribution >= 4 is 23.4 Å². The molecule has 1 atom stereocenters. The van der Waals surface area contributed by atoms with Crippen LogP contribution in [0.15, 0.2) is 29.2 Å². The van der Waals surface area contributed by atoms with E-state index in [1.54, 1.807) is 25.7 Å². The molecule has 3 rings (SSSR count). The molecule has 0 unspecified atom stereocenters. The van der Waals surface area contributed by atoms with E-state index < -0.39 is 28.9 Å². The van der Waals surface area contributed by atoms with Crippen molar-refractivity contribution in [1.82, 2.24) is 14.7 Å². The van der Waals surface area contributed by atoms with Gasteiger partial charge < -0.3 is 14.5 Å². The van der Waals surface area contributed by atoms with Crippen LogP contribution in [0.3, 0.4) is 0 Å². The normalized spacial score (nSPS) is 17.2. The van der Waals surface area contributed by atoms with Gasteiger partial charge in [0.25, 0.3) is 5.56 Å². The minimum absolute atomic E-state index is 0.133. The predicted octanol–water partition coefficient (Wildman–Crippen LogP) is 3.61. The number of hydrogen-bond acceptors (Lipinski definition) is 5. The van der Waals surface area contributed by atoms with Gasteiger partial charge in [0.2, 0.25) is 0 Å². The molecule has 1 aliphatic rings. The van der Waals surface area contributed by atoms with Crippen molar-refractivity contribution in [2.45, 2.75) is 39.3 Å². The fourth-order valence-electron chi connectivity index (χ4n) is 3.24. The molecular weight excluding hydrogens is 418 g/mol. The van der Waals surface area contributed by atoms with Gasteiger partial charge in [0, 0.05) is 31.7 Å². The van der Waals surface area contributed by atoms with Crippen molar-refractivity contribution < 1.29 is 18.3 Å². The number of carbonyl (C=O) groups is 1. The highest BCUT2D eigenvalue weighted by molar-refractivity contribution is 6.33. The van der Waals surface area contributed by atoms with Gasteiger partial charge in [-0.3, -0.25) is 4.79 Å². The molecule has 2 heterocycles. The number of rotatable bonds is 2. The first kappa shape index (κ1) is 22.0. The fraction of sp³-hybridized carbons (Fsp3) is 0.450. The highest BCUT2D eigenvalue weighted by atomic mass is 35.5. The summed E-state index contributed by atoms with van der Waals surface area (Å²) in [4.78, 5) is 28.5. The molecule has 0 radical (unpaired) electrons. The SMILES string of the molecule is C[C@@H]1CN(c2cnn(-c3ccc(F)cc3F)c(=O)c2Cl)CCN1C(=O)OC(C)(C)C. The molecule has 2 aromatic rings. The van der Waals surface area contributed by atoms with Crippen LogP contribution >= 0.6 is 11.6 Å². The average Bonchev–Trinajstić information content (AvgIpc) is 2.63. The molecule has 0 bridgehead atoms. The molecule has 10 heteroatoms. The molecular formula is C20H23ClF2N4O3. The van der Waals surface area contributed by atoms with Crippen molar-refractivity contribution in [2.75, 3.05) is 24.5 Å². The van der Waals surface area contributed by atoms with Crippen molar-refractivity contribution in [3.8, 4) is 5.69 Å². The van der Waals surface area contributed by atoms with E-state index in [0.717, 1.165) is 16.8 Å². The molecule has 1 aliphatic heterocycles. The number of benzene rings is 1. The zero-order valence-electron chi connectivity index (χ0n) is 17.2. The number of nitrogens with zero attached hydrogens (tertiary/aromatic N) is 4. The Bertz CT molecular complexity index is 1020. The van der Waals surface area contributed by atoms with Crippen LogP contribution in [0.1, 0.15) is 27.7 Å². The summed E-state index contributed by atoms with van der Waals surface area (Å²) < 4.78 is 33.4. The van der Waals surface area contributed by atoms with Crippen molar-refractivity contribution in [1.29, 1.82) is 0 Å². The number of anilines is 1. The quantitative estimate of drug-likeness (QED) is 0.713. The monoisotopic (exact) mass is 440 g/mol. The van der Waals surface area contributed by atoms with E-state index >= 15 is 0 Å². The molecule has 0 saturated carbocycles. The van der Waals surface area contributed by atoms with Crippen LogP contribution in [-0.4, -0.2) is 52.1 Å². The second kappa shape index (κ2) is 8.22. The number of piperazine rings is 1. The summed E-state index contributed by atoms with van der Waals surface area (Å²) in [6.07, 6.45) is 0.962. The van der Waals surface area contributed by atoms with Crippen LogP contribution in [0.4, 0.5) is 19.3 Å². The van der Waals surface area contributed by atoms with E-state index in [1.807, 2.05) is 11.8 Å². The Balaban J connectivity index is 1.82. The standard InChI is InChI=1S/C20H23ClF2N4O3/c1-12-11-25(7-8-26(12)19(29)30-20(2,3)4)16-10-24-27(18(28)17(16)21)15-6-5-13(22)9-14(15)23/h5-6,9-10,12H,7-8,11H2,1-4H3/t12-/m1/s1. The predicted molar refractivity (Wildman–Crippen MR) is 109 cm³/mol. The van der Waals surface area contributed by atoms with E-state index in [0.29, 0.717) is 31.4 Å². The summed E-state index contributed by atoms with van der Waals surface area (Å²) in [5, 5.41) is 3.88. The van der Waals surface area contributed by atoms with Crippen molar-refractivity contribution in [3.63, 3.8) is 0 Å². The number of aromatic nitrogens is 2. The lowest BCUT2D eigenvalue weighted by molar-refractivity contribution is 0.0159. The Kier molecular flexibility index (Phi) is 6.03. The van der Waals surface area contributed by atoms with Gasteiger partial charge in [0.15, 0.2) is 5.82 Å². The summed E-state index contributed by atoms with van der Waals surface area (Å²) in [6, 6.07) is 2.63. The second-order valence-corrected chi connectivity index (χ2v) is 8.50. The summed E-state index contributed by atoms with van der Waals surface area (Å²) in [6.45, 7) is 8.48. The summed E-state index contributed by atoms with van der Waals surface area (Å²) in [5.41, 5.74) is -1.13. The minimum atomic E-state index is -0.923. The lowest BCUT2D eigenvalue weighted by Gasteiger charge is -2.41. The fourth-order valence-corrected chi connectivity index (χ4v) is 3.49. The Morgan fingerprint density at radius 2 is 1.93 bits per heavy atom. The van der Waals surface area contributed by atoms with E-state index in [4.69, 9.17) is 16.3 Å². The van der Waals surface area contributed by atoms with Crippen LogP contribution in [0.2, 0.25) is 5.02 Å². The molecule has 1 saturated heterocycles. The van der Waals surface area contributed by atoms with Gasteiger partial charge in [-0.1, -0.05) is 11.6 Å². The number of ether oxygens (including phenoxy) is 1.